The number of aromatic amines is 1. The van der Waals surface area contributed by atoms with E-state index in [1.54, 1.807) is 17.0 Å². The predicted octanol–water partition coefficient (Wildman–Crippen LogP) is 3.65. The van der Waals surface area contributed by atoms with E-state index in [9.17, 15) is 14.0 Å². The molecule has 1 aromatic heterocycles. The van der Waals surface area contributed by atoms with Gasteiger partial charge in [0.05, 0.1) is 11.6 Å². The highest BCUT2D eigenvalue weighted by molar-refractivity contribution is 5.81. The fourth-order valence-corrected chi connectivity index (χ4v) is 3.96. The van der Waals surface area contributed by atoms with Crippen LogP contribution in [0.3, 0.4) is 0 Å². The maximum atomic E-state index is 13.1. The van der Waals surface area contributed by atoms with Crippen molar-refractivity contribution in [1.82, 2.24) is 20.0 Å². The van der Waals surface area contributed by atoms with Crippen LogP contribution in [-0.4, -0.2) is 58.5 Å². The van der Waals surface area contributed by atoms with Gasteiger partial charge in [-0.25, -0.2) is 4.39 Å². The average molecular weight is 415 g/mol. The number of hydrogen-bond acceptors (Lipinski definition) is 3. The van der Waals surface area contributed by atoms with Gasteiger partial charge in [-0.05, 0) is 62.4 Å². The number of halogens is 1. The molecule has 7 heteroatoms. The van der Waals surface area contributed by atoms with Crippen LogP contribution in [0.25, 0.3) is 11.3 Å². The molecule has 3 rings (SSSR count). The number of hydrogen-bond donors (Lipinski definition) is 1. The van der Waals surface area contributed by atoms with Gasteiger partial charge in [0.15, 0.2) is 0 Å². The third-order valence-corrected chi connectivity index (χ3v) is 5.67. The number of carbonyl (C=O) groups is 2. The van der Waals surface area contributed by atoms with Crippen LogP contribution in [-0.2, 0) is 16.0 Å². The van der Waals surface area contributed by atoms with Crippen molar-refractivity contribution in [3.63, 3.8) is 0 Å². The van der Waals surface area contributed by atoms with Crippen LogP contribution in [0.15, 0.2) is 30.3 Å². The summed E-state index contributed by atoms with van der Waals surface area (Å²) in [5.74, 6) is -0.0747. The molecule has 1 N–H and O–H groups in total. The predicted molar refractivity (Wildman–Crippen MR) is 114 cm³/mol. The molecule has 0 spiro atoms. The lowest BCUT2D eigenvalue weighted by Crippen LogP contribution is -2.46. The molecule has 0 radical (unpaired) electrons. The smallest absolute Gasteiger partial charge is 0.227 e. The molecular weight excluding hydrogens is 383 g/mol. The van der Waals surface area contributed by atoms with E-state index in [-0.39, 0.29) is 23.5 Å². The number of rotatable bonds is 8. The first-order valence-electron chi connectivity index (χ1n) is 10.8. The van der Waals surface area contributed by atoms with E-state index >= 15 is 0 Å². The Balaban J connectivity index is 1.46. The van der Waals surface area contributed by atoms with E-state index in [1.165, 1.54) is 12.1 Å². The van der Waals surface area contributed by atoms with Crippen molar-refractivity contribution in [3.8, 4) is 11.3 Å². The van der Waals surface area contributed by atoms with Gasteiger partial charge in [-0.2, -0.15) is 5.10 Å². The number of piperidine rings is 1. The summed E-state index contributed by atoms with van der Waals surface area (Å²) in [5.41, 5.74) is 2.64. The Morgan fingerprint density at radius 2 is 2.07 bits per heavy atom. The molecule has 1 aromatic carbocycles. The minimum Gasteiger partial charge on any atom is -0.345 e. The number of aryl methyl sites for hydroxylation is 1. The van der Waals surface area contributed by atoms with E-state index in [0.29, 0.717) is 19.5 Å². The number of amides is 2. The topological polar surface area (TPSA) is 69.3 Å². The van der Waals surface area contributed by atoms with Crippen molar-refractivity contribution in [3.05, 3.63) is 41.8 Å². The lowest BCUT2D eigenvalue weighted by Gasteiger charge is -2.34. The Kier molecular flexibility index (Phi) is 7.60. The summed E-state index contributed by atoms with van der Waals surface area (Å²) < 4.78 is 13.1. The number of nitrogens with zero attached hydrogens (tertiary/aromatic N) is 3. The van der Waals surface area contributed by atoms with Gasteiger partial charge in [0.25, 0.3) is 0 Å². The van der Waals surface area contributed by atoms with Crippen LogP contribution in [0, 0.1) is 11.7 Å². The van der Waals surface area contributed by atoms with Gasteiger partial charge >= 0.3 is 0 Å². The number of likely N-dealkylation sites (tertiary alicyclic amines) is 1. The second-order valence-corrected chi connectivity index (χ2v) is 8.08. The fraction of sp³-hybridized carbons (Fsp3) is 0.522. The SMILES string of the molecule is CCCC(=O)N1CCCC(C(=O)N(C)CCCc2cc(-c3ccc(F)cc3)n[nH]2)C1. The summed E-state index contributed by atoms with van der Waals surface area (Å²) in [4.78, 5) is 28.6. The molecule has 2 aromatic rings. The Labute approximate surface area is 177 Å². The monoisotopic (exact) mass is 414 g/mol. The number of aromatic nitrogens is 2. The first kappa shape index (κ1) is 22.0. The van der Waals surface area contributed by atoms with Crippen molar-refractivity contribution in [2.24, 2.45) is 5.92 Å². The molecule has 2 amide bonds. The summed E-state index contributed by atoms with van der Waals surface area (Å²) in [6.45, 7) is 3.97. The Hall–Kier alpha value is -2.70. The molecule has 30 heavy (non-hydrogen) atoms. The van der Waals surface area contributed by atoms with Crippen LogP contribution in [0.4, 0.5) is 4.39 Å². The van der Waals surface area contributed by atoms with Crippen LogP contribution in [0.2, 0.25) is 0 Å². The summed E-state index contributed by atoms with van der Waals surface area (Å²) in [6.07, 6.45) is 4.72. The highest BCUT2D eigenvalue weighted by atomic mass is 19.1. The molecule has 0 saturated carbocycles. The quantitative estimate of drug-likeness (QED) is 0.717. The molecule has 1 aliphatic rings. The number of carbonyl (C=O) groups excluding carboxylic acids is 2. The minimum absolute atomic E-state index is 0.0956. The molecule has 1 aliphatic heterocycles. The van der Waals surface area contributed by atoms with E-state index in [2.05, 4.69) is 10.2 Å². The Morgan fingerprint density at radius 1 is 1.30 bits per heavy atom. The van der Waals surface area contributed by atoms with E-state index in [4.69, 9.17) is 0 Å². The Morgan fingerprint density at radius 3 is 2.80 bits per heavy atom. The lowest BCUT2D eigenvalue weighted by molar-refractivity contribution is -0.140. The largest absolute Gasteiger partial charge is 0.345 e. The fourth-order valence-electron chi connectivity index (χ4n) is 3.96. The summed E-state index contributed by atoms with van der Waals surface area (Å²) in [7, 11) is 1.84. The van der Waals surface area contributed by atoms with Crippen molar-refractivity contribution in [1.29, 1.82) is 0 Å². The summed E-state index contributed by atoms with van der Waals surface area (Å²) >= 11 is 0. The second kappa shape index (κ2) is 10.4. The zero-order valence-corrected chi connectivity index (χ0v) is 17.9. The third kappa shape index (κ3) is 5.68. The number of benzene rings is 1. The molecule has 1 unspecified atom stereocenters. The molecule has 2 heterocycles. The van der Waals surface area contributed by atoms with Crippen molar-refractivity contribution < 1.29 is 14.0 Å². The molecule has 162 valence electrons. The van der Waals surface area contributed by atoms with Gasteiger partial charge in [-0.15, -0.1) is 0 Å². The molecule has 6 nitrogen and oxygen atoms in total. The van der Waals surface area contributed by atoms with Gasteiger partial charge in [0.2, 0.25) is 11.8 Å². The molecule has 1 saturated heterocycles. The average Bonchev–Trinajstić information content (AvgIpc) is 3.22. The molecule has 0 aliphatic carbocycles. The molecular formula is C23H31FN4O2. The molecule has 1 fully saturated rings. The highest BCUT2D eigenvalue weighted by Gasteiger charge is 2.29. The second-order valence-electron chi connectivity index (χ2n) is 8.08. The van der Waals surface area contributed by atoms with E-state index < -0.39 is 0 Å². The van der Waals surface area contributed by atoms with E-state index in [0.717, 1.165) is 55.6 Å². The first-order chi connectivity index (χ1) is 14.5. The zero-order chi connectivity index (χ0) is 21.5. The van der Waals surface area contributed by atoms with Crippen LogP contribution < -0.4 is 0 Å². The minimum atomic E-state index is -0.266. The Bertz CT molecular complexity index is 849. The standard InChI is InChI=1S/C23H31FN4O2/c1-3-6-22(29)28-14-4-7-18(16-28)23(30)27(2)13-5-8-20-15-21(26-25-20)17-9-11-19(24)12-10-17/h9-12,15,18H,3-8,13-14,16H2,1-2H3,(H,25,26). The maximum absolute atomic E-state index is 13.1. The van der Waals surface area contributed by atoms with Crippen LogP contribution >= 0.6 is 0 Å². The normalized spacial score (nSPS) is 16.5. The summed E-state index contributed by atoms with van der Waals surface area (Å²) in [6, 6.07) is 8.23. The molecule has 0 bridgehead atoms. The lowest BCUT2D eigenvalue weighted by atomic mass is 9.96. The van der Waals surface area contributed by atoms with Gasteiger partial charge in [0, 0.05) is 44.4 Å². The number of nitrogens with one attached hydrogen (secondary N) is 1. The maximum Gasteiger partial charge on any atom is 0.227 e. The van der Waals surface area contributed by atoms with Gasteiger partial charge in [-0.1, -0.05) is 6.92 Å². The highest BCUT2D eigenvalue weighted by Crippen LogP contribution is 2.21. The van der Waals surface area contributed by atoms with Gasteiger partial charge in [-0.3, -0.25) is 14.7 Å². The van der Waals surface area contributed by atoms with Crippen LogP contribution in [0.1, 0.15) is 44.7 Å². The van der Waals surface area contributed by atoms with Gasteiger partial charge in [0.1, 0.15) is 5.82 Å². The number of H-pyrrole nitrogens is 1. The summed E-state index contributed by atoms with van der Waals surface area (Å²) in [5, 5.41) is 7.32. The van der Waals surface area contributed by atoms with Crippen molar-refractivity contribution >= 4 is 11.8 Å². The third-order valence-electron chi connectivity index (χ3n) is 5.67. The molecule has 1 atom stereocenters. The van der Waals surface area contributed by atoms with E-state index in [1.807, 2.05) is 24.9 Å². The first-order valence-corrected chi connectivity index (χ1v) is 10.8. The zero-order valence-electron chi connectivity index (χ0n) is 17.9. The van der Waals surface area contributed by atoms with Gasteiger partial charge < -0.3 is 9.80 Å². The van der Waals surface area contributed by atoms with Crippen molar-refractivity contribution in [2.45, 2.75) is 45.4 Å². The van der Waals surface area contributed by atoms with Crippen LogP contribution in [0.5, 0.6) is 0 Å². The van der Waals surface area contributed by atoms with Crippen molar-refractivity contribution in [2.75, 3.05) is 26.7 Å².